The average molecular weight is 418 g/mol. The van der Waals surface area contributed by atoms with Crippen LogP contribution in [0.3, 0.4) is 0 Å². The quantitative estimate of drug-likeness (QED) is 0.397. The topological polar surface area (TPSA) is 89.0 Å². The zero-order valence-corrected chi connectivity index (χ0v) is 16.0. The number of aliphatic hydroxyl groups is 1. The van der Waals surface area contributed by atoms with Crippen LogP contribution in [0.2, 0.25) is 0 Å². The normalized spacial score (nSPS) is 19.1. The number of carbonyl (C=O) groups is 2. The van der Waals surface area contributed by atoms with Gasteiger partial charge in [-0.3, -0.25) is 19.5 Å². The SMILES string of the molecule is O=C1C(=O)N(c2ccc3c(c2)OCO3)C(c2ccncc2)/C1=C(\O)c1ccc(F)cc1. The number of carbonyl (C=O) groups excluding carboxylic acids is 2. The van der Waals surface area contributed by atoms with Gasteiger partial charge in [0.05, 0.1) is 11.6 Å². The van der Waals surface area contributed by atoms with Gasteiger partial charge in [-0.05, 0) is 54.1 Å². The Balaban J connectivity index is 1.70. The van der Waals surface area contributed by atoms with Crippen molar-refractivity contribution in [3.05, 3.63) is 89.5 Å². The van der Waals surface area contributed by atoms with Crippen molar-refractivity contribution < 1.29 is 28.6 Å². The molecular weight excluding hydrogens is 403 g/mol. The standard InChI is InChI=1S/C23H15FN2O5/c24-15-3-1-14(2-4-15)21(27)19-20(13-7-9-25-10-8-13)26(23(29)22(19)28)16-5-6-17-18(11-16)31-12-30-17/h1-11,20,27H,12H2/b21-19+. The number of aromatic nitrogens is 1. The predicted octanol–water partition coefficient (Wildman–Crippen LogP) is 3.58. The Morgan fingerprint density at radius 2 is 1.71 bits per heavy atom. The van der Waals surface area contributed by atoms with E-state index in [9.17, 15) is 19.1 Å². The van der Waals surface area contributed by atoms with Crippen LogP contribution in [0.15, 0.2) is 72.6 Å². The number of rotatable bonds is 3. The van der Waals surface area contributed by atoms with Crippen LogP contribution in [0.25, 0.3) is 5.76 Å². The summed E-state index contributed by atoms with van der Waals surface area (Å²) in [6.07, 6.45) is 3.07. The summed E-state index contributed by atoms with van der Waals surface area (Å²) in [5.74, 6) is -1.53. The minimum atomic E-state index is -0.909. The van der Waals surface area contributed by atoms with Crippen LogP contribution in [0, 0.1) is 5.82 Å². The fourth-order valence-electron chi connectivity index (χ4n) is 3.76. The summed E-state index contributed by atoms with van der Waals surface area (Å²) in [6, 6.07) is 12.4. The summed E-state index contributed by atoms with van der Waals surface area (Å²) < 4.78 is 24.1. The molecule has 0 radical (unpaired) electrons. The first-order valence-electron chi connectivity index (χ1n) is 9.41. The Morgan fingerprint density at radius 1 is 1.00 bits per heavy atom. The molecule has 7 nitrogen and oxygen atoms in total. The van der Waals surface area contributed by atoms with Crippen LogP contribution in [-0.2, 0) is 9.59 Å². The molecule has 2 aromatic carbocycles. The molecule has 8 heteroatoms. The number of anilines is 1. The first-order chi connectivity index (χ1) is 15.0. The van der Waals surface area contributed by atoms with Crippen molar-refractivity contribution in [2.45, 2.75) is 6.04 Å². The van der Waals surface area contributed by atoms with E-state index in [1.807, 2.05) is 0 Å². The van der Waals surface area contributed by atoms with E-state index in [1.165, 1.54) is 41.6 Å². The van der Waals surface area contributed by atoms with Gasteiger partial charge in [-0.2, -0.15) is 0 Å². The number of amides is 1. The molecule has 0 saturated carbocycles. The lowest BCUT2D eigenvalue weighted by atomic mass is 9.96. The number of pyridine rings is 1. The molecule has 0 bridgehead atoms. The van der Waals surface area contributed by atoms with Crippen molar-refractivity contribution >= 4 is 23.1 Å². The first-order valence-corrected chi connectivity index (χ1v) is 9.41. The molecule has 1 atom stereocenters. The number of nitrogens with zero attached hydrogens (tertiary/aromatic N) is 2. The fourth-order valence-corrected chi connectivity index (χ4v) is 3.76. The highest BCUT2D eigenvalue weighted by Crippen LogP contribution is 2.44. The molecule has 1 fully saturated rings. The predicted molar refractivity (Wildman–Crippen MR) is 108 cm³/mol. The smallest absolute Gasteiger partial charge is 0.300 e. The second-order valence-electron chi connectivity index (χ2n) is 6.99. The molecule has 2 aliphatic heterocycles. The van der Waals surface area contributed by atoms with Crippen molar-refractivity contribution in [3.8, 4) is 11.5 Å². The first kappa shape index (κ1) is 18.8. The van der Waals surface area contributed by atoms with E-state index in [2.05, 4.69) is 4.98 Å². The lowest BCUT2D eigenvalue weighted by Gasteiger charge is -2.25. The van der Waals surface area contributed by atoms with E-state index in [0.717, 1.165) is 0 Å². The summed E-state index contributed by atoms with van der Waals surface area (Å²) in [5, 5.41) is 10.9. The van der Waals surface area contributed by atoms with E-state index >= 15 is 0 Å². The monoisotopic (exact) mass is 418 g/mol. The van der Waals surface area contributed by atoms with Gasteiger partial charge in [0.2, 0.25) is 6.79 Å². The highest BCUT2D eigenvalue weighted by atomic mass is 19.1. The van der Waals surface area contributed by atoms with Gasteiger partial charge >= 0.3 is 0 Å². The van der Waals surface area contributed by atoms with E-state index in [1.54, 1.807) is 30.3 Å². The third kappa shape index (κ3) is 3.09. The number of aliphatic hydroxyl groups excluding tert-OH is 1. The van der Waals surface area contributed by atoms with Gasteiger partial charge in [0.15, 0.2) is 11.5 Å². The maximum Gasteiger partial charge on any atom is 0.300 e. The van der Waals surface area contributed by atoms with Gasteiger partial charge < -0.3 is 14.6 Å². The van der Waals surface area contributed by atoms with Crippen LogP contribution in [0.5, 0.6) is 11.5 Å². The maximum atomic E-state index is 13.3. The molecule has 1 amide bonds. The number of hydrogen-bond donors (Lipinski definition) is 1. The van der Waals surface area contributed by atoms with Gasteiger partial charge in [-0.15, -0.1) is 0 Å². The van der Waals surface area contributed by atoms with Gasteiger partial charge in [-0.1, -0.05) is 0 Å². The average Bonchev–Trinajstić information content (AvgIpc) is 3.36. The van der Waals surface area contributed by atoms with Gasteiger partial charge in [0.1, 0.15) is 11.6 Å². The Labute approximate surface area is 176 Å². The van der Waals surface area contributed by atoms with E-state index < -0.39 is 23.5 Å². The Bertz CT molecular complexity index is 1220. The number of benzene rings is 2. The van der Waals surface area contributed by atoms with Crippen molar-refractivity contribution in [2.75, 3.05) is 11.7 Å². The summed E-state index contributed by atoms with van der Waals surface area (Å²) in [6.45, 7) is 0.0654. The number of halogens is 1. The number of ether oxygens (including phenoxy) is 2. The Morgan fingerprint density at radius 3 is 2.45 bits per heavy atom. The van der Waals surface area contributed by atoms with Crippen molar-refractivity contribution in [3.63, 3.8) is 0 Å². The van der Waals surface area contributed by atoms with E-state index in [4.69, 9.17) is 9.47 Å². The Kier molecular flexibility index (Phi) is 4.39. The molecule has 31 heavy (non-hydrogen) atoms. The van der Waals surface area contributed by atoms with E-state index in [-0.39, 0.29) is 23.7 Å². The van der Waals surface area contributed by atoms with Crippen LogP contribution in [-0.4, -0.2) is 28.6 Å². The summed E-state index contributed by atoms with van der Waals surface area (Å²) in [4.78, 5) is 31.4. The molecule has 1 N–H and O–H groups in total. The highest BCUT2D eigenvalue weighted by molar-refractivity contribution is 6.51. The van der Waals surface area contributed by atoms with Gasteiger partial charge in [-0.25, -0.2) is 4.39 Å². The number of ketones is 1. The second kappa shape index (κ2) is 7.24. The van der Waals surface area contributed by atoms with Gasteiger partial charge in [0, 0.05) is 29.7 Å². The summed E-state index contributed by atoms with van der Waals surface area (Å²) in [5.41, 5.74) is 1.12. The summed E-state index contributed by atoms with van der Waals surface area (Å²) in [7, 11) is 0. The molecule has 1 unspecified atom stereocenters. The van der Waals surface area contributed by atoms with Crippen molar-refractivity contribution in [1.82, 2.24) is 4.98 Å². The molecular formula is C23H15FN2O5. The lowest BCUT2D eigenvalue weighted by molar-refractivity contribution is -0.132. The molecule has 154 valence electrons. The molecule has 3 heterocycles. The van der Waals surface area contributed by atoms with Gasteiger partial charge in [0.25, 0.3) is 11.7 Å². The second-order valence-corrected chi connectivity index (χ2v) is 6.99. The number of hydrogen-bond acceptors (Lipinski definition) is 6. The number of Topliss-reactive ketones (excluding diaryl/α,β-unsaturated/α-hetero) is 1. The van der Waals surface area contributed by atoms with Crippen LogP contribution < -0.4 is 14.4 Å². The maximum absolute atomic E-state index is 13.3. The van der Waals surface area contributed by atoms with Crippen molar-refractivity contribution in [1.29, 1.82) is 0 Å². The molecule has 5 rings (SSSR count). The molecule has 1 saturated heterocycles. The van der Waals surface area contributed by atoms with Crippen LogP contribution >= 0.6 is 0 Å². The van der Waals surface area contributed by atoms with Crippen LogP contribution in [0.4, 0.5) is 10.1 Å². The largest absolute Gasteiger partial charge is 0.507 e. The number of fused-ring (bicyclic) bond motifs is 1. The molecule has 0 spiro atoms. The zero-order chi connectivity index (χ0) is 21.5. The molecule has 0 aliphatic carbocycles. The van der Waals surface area contributed by atoms with Crippen LogP contribution in [0.1, 0.15) is 17.2 Å². The zero-order valence-electron chi connectivity index (χ0n) is 16.0. The third-order valence-corrected chi connectivity index (χ3v) is 5.22. The fraction of sp³-hybridized carbons (Fsp3) is 0.0870. The Hall–Kier alpha value is -4.20. The highest BCUT2D eigenvalue weighted by Gasteiger charge is 2.47. The lowest BCUT2D eigenvalue weighted by Crippen LogP contribution is -2.29. The van der Waals surface area contributed by atoms with Crippen molar-refractivity contribution in [2.24, 2.45) is 0 Å². The minimum absolute atomic E-state index is 0.0654. The summed E-state index contributed by atoms with van der Waals surface area (Å²) >= 11 is 0. The minimum Gasteiger partial charge on any atom is -0.507 e. The van der Waals surface area contributed by atoms with E-state index in [0.29, 0.717) is 22.7 Å². The molecule has 1 aromatic heterocycles. The third-order valence-electron chi connectivity index (χ3n) is 5.22. The molecule has 3 aromatic rings. The molecule has 2 aliphatic rings.